The van der Waals surface area contributed by atoms with Gasteiger partial charge in [-0.25, -0.2) is 4.98 Å². The number of thiazole rings is 1. The van der Waals surface area contributed by atoms with Crippen LogP contribution >= 0.6 is 11.3 Å². The minimum atomic E-state index is -0.284. The number of carbonyl (C=O) groups is 2. The van der Waals surface area contributed by atoms with E-state index in [4.69, 9.17) is 0 Å². The van der Waals surface area contributed by atoms with Crippen LogP contribution in [0.3, 0.4) is 0 Å². The summed E-state index contributed by atoms with van der Waals surface area (Å²) in [5.74, 6) is -0.335. The second-order valence-corrected chi connectivity index (χ2v) is 7.04. The molecule has 0 saturated carbocycles. The molecule has 0 bridgehead atoms. The lowest BCUT2D eigenvalue weighted by Gasteiger charge is -2.01. The molecule has 1 amide bonds. The topological polar surface area (TPSA) is 74.8 Å². The zero-order valence-electron chi connectivity index (χ0n) is 14.3. The molecule has 25 heavy (non-hydrogen) atoms. The summed E-state index contributed by atoms with van der Waals surface area (Å²) in [6.07, 6.45) is 2.56. The number of hydrogen-bond donors (Lipinski definition) is 2. The van der Waals surface area contributed by atoms with Gasteiger partial charge >= 0.3 is 0 Å². The largest absolute Gasteiger partial charge is 0.354 e. The van der Waals surface area contributed by atoms with Crippen LogP contribution in [-0.2, 0) is 6.42 Å². The molecule has 3 aromatic rings. The molecular weight excluding hydrogens is 334 g/mol. The van der Waals surface area contributed by atoms with Gasteiger partial charge in [0.05, 0.1) is 0 Å². The zero-order chi connectivity index (χ0) is 18.0. The minimum absolute atomic E-state index is 0.0512. The summed E-state index contributed by atoms with van der Waals surface area (Å²) in [5.41, 5.74) is 3.56. The van der Waals surface area contributed by atoms with E-state index in [9.17, 15) is 9.59 Å². The highest BCUT2D eigenvalue weighted by atomic mass is 32.1. The molecule has 2 N–H and O–H groups in total. The van der Waals surface area contributed by atoms with Crippen molar-refractivity contribution in [1.29, 1.82) is 0 Å². The number of hydrogen-bond acceptors (Lipinski definition) is 4. The van der Waals surface area contributed by atoms with E-state index in [2.05, 4.69) is 27.4 Å². The van der Waals surface area contributed by atoms with Gasteiger partial charge in [-0.3, -0.25) is 14.9 Å². The van der Waals surface area contributed by atoms with Gasteiger partial charge in [-0.1, -0.05) is 30.3 Å². The number of nitrogens with one attached hydrogen (secondary N) is 2. The van der Waals surface area contributed by atoms with Crippen molar-refractivity contribution < 1.29 is 9.59 Å². The minimum Gasteiger partial charge on any atom is -0.354 e. The van der Waals surface area contributed by atoms with Crippen molar-refractivity contribution in [3.8, 4) is 0 Å². The average molecular weight is 353 g/mol. The van der Waals surface area contributed by atoms with Crippen LogP contribution in [0.25, 0.3) is 0 Å². The van der Waals surface area contributed by atoms with Crippen LogP contribution < -0.4 is 5.32 Å². The van der Waals surface area contributed by atoms with E-state index in [1.165, 1.54) is 23.8 Å². The van der Waals surface area contributed by atoms with E-state index in [1.54, 1.807) is 20.0 Å². The van der Waals surface area contributed by atoms with Gasteiger partial charge in [-0.05, 0) is 31.9 Å². The Bertz CT molecular complexity index is 926. The van der Waals surface area contributed by atoms with E-state index in [1.807, 2.05) is 18.2 Å². The van der Waals surface area contributed by atoms with Crippen molar-refractivity contribution in [2.45, 2.75) is 27.2 Å². The van der Waals surface area contributed by atoms with Gasteiger partial charge in [0.25, 0.3) is 5.91 Å². The van der Waals surface area contributed by atoms with Crippen LogP contribution in [0.15, 0.2) is 36.5 Å². The first-order valence-electron chi connectivity index (χ1n) is 7.95. The molecule has 0 atom stereocenters. The smallest absolute Gasteiger partial charge is 0.274 e. The number of carbonyl (C=O) groups excluding carboxylic acids is 2. The van der Waals surface area contributed by atoms with Crippen molar-refractivity contribution >= 4 is 28.2 Å². The molecule has 0 unspecified atom stereocenters. The number of anilines is 1. The molecule has 6 heteroatoms. The molecule has 0 radical (unpaired) electrons. The third-order valence-corrected chi connectivity index (χ3v) is 4.92. The third kappa shape index (κ3) is 3.69. The Morgan fingerprint density at radius 2 is 1.92 bits per heavy atom. The fourth-order valence-corrected chi connectivity index (χ4v) is 3.75. The first kappa shape index (κ1) is 17.1. The number of benzene rings is 1. The zero-order valence-corrected chi connectivity index (χ0v) is 15.2. The van der Waals surface area contributed by atoms with E-state index in [0.29, 0.717) is 27.6 Å². The van der Waals surface area contributed by atoms with Crippen LogP contribution in [0.2, 0.25) is 0 Å². The number of ketones is 1. The van der Waals surface area contributed by atoms with Crippen molar-refractivity contribution in [3.63, 3.8) is 0 Å². The number of aromatic nitrogens is 2. The number of nitrogens with zero attached hydrogens (tertiary/aromatic N) is 1. The van der Waals surface area contributed by atoms with Gasteiger partial charge in [-0.2, -0.15) is 0 Å². The summed E-state index contributed by atoms with van der Waals surface area (Å²) in [4.78, 5) is 32.6. The summed E-state index contributed by atoms with van der Waals surface area (Å²) in [7, 11) is 0. The normalized spacial score (nSPS) is 10.7. The Hall–Kier alpha value is -2.73. The standard InChI is InChI=1S/C19H19N3O2S/c1-11-16(13(3)23)12(2)21-17(11)18(24)22-19-20-10-15(25-19)9-14-7-5-4-6-8-14/h4-8,10,21H,9H2,1-3H3,(H,20,22,24). The molecule has 2 heterocycles. The Balaban J connectivity index is 1.74. The Kier molecular flexibility index (Phi) is 4.81. The van der Waals surface area contributed by atoms with Crippen molar-refractivity contribution in [2.24, 2.45) is 0 Å². The highest BCUT2D eigenvalue weighted by Gasteiger charge is 2.20. The predicted octanol–water partition coefficient (Wildman–Crippen LogP) is 4.13. The molecule has 3 rings (SSSR count). The maximum absolute atomic E-state index is 12.5. The van der Waals surface area contributed by atoms with Crippen LogP contribution in [0.1, 0.15) is 49.5 Å². The van der Waals surface area contributed by atoms with Gasteiger partial charge in [0.15, 0.2) is 10.9 Å². The molecular formula is C19H19N3O2S. The number of Topliss-reactive ketones (excluding diaryl/α,β-unsaturated/α-hetero) is 1. The predicted molar refractivity (Wildman–Crippen MR) is 99.6 cm³/mol. The number of H-pyrrole nitrogens is 1. The van der Waals surface area contributed by atoms with Crippen LogP contribution in [0, 0.1) is 13.8 Å². The van der Waals surface area contributed by atoms with E-state index in [-0.39, 0.29) is 11.7 Å². The van der Waals surface area contributed by atoms with Gasteiger partial charge in [0, 0.05) is 28.8 Å². The maximum atomic E-state index is 12.5. The first-order chi connectivity index (χ1) is 12.0. The van der Waals surface area contributed by atoms with Gasteiger partial charge in [0.1, 0.15) is 5.69 Å². The SMILES string of the molecule is CC(=O)c1c(C)[nH]c(C(=O)Nc2ncc(Cc3ccccc3)s2)c1C. The summed E-state index contributed by atoms with van der Waals surface area (Å²) in [6, 6.07) is 10.1. The summed E-state index contributed by atoms with van der Waals surface area (Å²) < 4.78 is 0. The second kappa shape index (κ2) is 7.03. The van der Waals surface area contributed by atoms with Crippen LogP contribution in [0.4, 0.5) is 5.13 Å². The highest BCUT2D eigenvalue weighted by Crippen LogP contribution is 2.23. The molecule has 1 aromatic carbocycles. The van der Waals surface area contributed by atoms with Crippen molar-refractivity contribution in [2.75, 3.05) is 5.32 Å². The number of aryl methyl sites for hydroxylation is 1. The molecule has 0 spiro atoms. The molecule has 0 saturated heterocycles. The van der Waals surface area contributed by atoms with Crippen molar-refractivity contribution in [3.05, 3.63) is 69.5 Å². The van der Waals surface area contributed by atoms with E-state index in [0.717, 1.165) is 11.3 Å². The van der Waals surface area contributed by atoms with Crippen LogP contribution in [0.5, 0.6) is 0 Å². The summed E-state index contributed by atoms with van der Waals surface area (Å²) in [5, 5.41) is 3.36. The monoisotopic (exact) mass is 353 g/mol. The number of aromatic amines is 1. The van der Waals surface area contributed by atoms with Crippen LogP contribution in [-0.4, -0.2) is 21.7 Å². The molecule has 128 valence electrons. The quantitative estimate of drug-likeness (QED) is 0.677. The molecule has 0 fully saturated rings. The Morgan fingerprint density at radius 3 is 2.56 bits per heavy atom. The molecule has 2 aromatic heterocycles. The second-order valence-electron chi connectivity index (χ2n) is 5.93. The Labute approximate surface area is 150 Å². The molecule has 5 nitrogen and oxygen atoms in total. The first-order valence-corrected chi connectivity index (χ1v) is 8.77. The molecule has 0 aliphatic heterocycles. The highest BCUT2D eigenvalue weighted by molar-refractivity contribution is 7.15. The van der Waals surface area contributed by atoms with Gasteiger partial charge in [0.2, 0.25) is 0 Å². The third-order valence-electron chi connectivity index (χ3n) is 4.01. The van der Waals surface area contributed by atoms with Gasteiger partial charge in [-0.15, -0.1) is 11.3 Å². The lowest BCUT2D eigenvalue weighted by Crippen LogP contribution is -2.13. The number of rotatable bonds is 5. The van der Waals surface area contributed by atoms with E-state index < -0.39 is 0 Å². The Morgan fingerprint density at radius 1 is 1.20 bits per heavy atom. The number of amides is 1. The van der Waals surface area contributed by atoms with Crippen molar-refractivity contribution in [1.82, 2.24) is 9.97 Å². The fourth-order valence-electron chi connectivity index (χ4n) is 2.91. The average Bonchev–Trinajstić information content (AvgIpc) is 3.12. The lowest BCUT2D eigenvalue weighted by molar-refractivity contribution is 0.101. The summed E-state index contributed by atoms with van der Waals surface area (Å²) in [6.45, 7) is 5.07. The van der Waals surface area contributed by atoms with Gasteiger partial charge < -0.3 is 4.98 Å². The molecule has 0 aliphatic carbocycles. The van der Waals surface area contributed by atoms with E-state index >= 15 is 0 Å². The summed E-state index contributed by atoms with van der Waals surface area (Å²) >= 11 is 1.45. The lowest BCUT2D eigenvalue weighted by atomic mass is 10.1. The fraction of sp³-hybridized carbons (Fsp3) is 0.211. The molecule has 0 aliphatic rings. The maximum Gasteiger partial charge on any atom is 0.274 e.